The minimum absolute atomic E-state index is 0.138. The number of hydrogen-bond donors (Lipinski definition) is 1. The Balaban J connectivity index is 2.22. The Labute approximate surface area is 115 Å². The molecule has 0 aliphatic carbocycles. The zero-order valence-electron chi connectivity index (χ0n) is 10.2. The van der Waals surface area contributed by atoms with Gasteiger partial charge < -0.3 is 5.73 Å². The van der Waals surface area contributed by atoms with Gasteiger partial charge >= 0.3 is 0 Å². The first-order valence-corrected chi connectivity index (χ1v) is 6.62. The summed E-state index contributed by atoms with van der Waals surface area (Å²) < 4.78 is 14.1. The minimum Gasteiger partial charge on any atom is -0.324 e. The van der Waals surface area contributed by atoms with Crippen molar-refractivity contribution >= 4 is 15.9 Å². The van der Waals surface area contributed by atoms with E-state index in [1.807, 2.05) is 31.2 Å². The normalized spacial score (nSPS) is 12.4. The lowest BCUT2D eigenvalue weighted by atomic mass is 9.98. The number of hydrogen-bond acceptors (Lipinski definition) is 1. The summed E-state index contributed by atoms with van der Waals surface area (Å²) in [5.74, 6) is -0.219. The van der Waals surface area contributed by atoms with Gasteiger partial charge in [-0.05, 0) is 42.2 Å². The standard InChI is InChI=1S/C15H15BrFN/c1-10-4-2-7-13(15(10)16)14(18)9-11-5-3-6-12(17)8-11/h2-8,14H,9,18H2,1H3. The van der Waals surface area contributed by atoms with Gasteiger partial charge in [-0.2, -0.15) is 0 Å². The van der Waals surface area contributed by atoms with Crippen molar-refractivity contribution in [3.8, 4) is 0 Å². The van der Waals surface area contributed by atoms with E-state index in [-0.39, 0.29) is 11.9 Å². The zero-order chi connectivity index (χ0) is 13.1. The number of nitrogens with two attached hydrogens (primary N) is 1. The molecular formula is C15H15BrFN. The van der Waals surface area contributed by atoms with Crippen molar-refractivity contribution < 1.29 is 4.39 Å². The fourth-order valence-electron chi connectivity index (χ4n) is 1.98. The highest BCUT2D eigenvalue weighted by molar-refractivity contribution is 9.10. The fourth-order valence-corrected chi connectivity index (χ4v) is 2.54. The average Bonchev–Trinajstić information content (AvgIpc) is 2.32. The number of rotatable bonds is 3. The van der Waals surface area contributed by atoms with Crippen molar-refractivity contribution in [2.75, 3.05) is 0 Å². The van der Waals surface area contributed by atoms with Crippen molar-refractivity contribution in [2.45, 2.75) is 19.4 Å². The second kappa shape index (κ2) is 5.63. The van der Waals surface area contributed by atoms with Crippen LogP contribution in [-0.2, 0) is 6.42 Å². The summed E-state index contributed by atoms with van der Waals surface area (Å²) in [6, 6.07) is 12.5. The summed E-state index contributed by atoms with van der Waals surface area (Å²) in [6.07, 6.45) is 0.625. The van der Waals surface area contributed by atoms with Gasteiger partial charge in [0.25, 0.3) is 0 Å². The second-order valence-corrected chi connectivity index (χ2v) is 5.21. The monoisotopic (exact) mass is 307 g/mol. The highest BCUT2D eigenvalue weighted by Crippen LogP contribution is 2.27. The van der Waals surface area contributed by atoms with Crippen molar-refractivity contribution in [2.24, 2.45) is 5.73 Å². The maximum atomic E-state index is 13.1. The van der Waals surface area contributed by atoms with Crippen molar-refractivity contribution in [1.82, 2.24) is 0 Å². The Hall–Kier alpha value is -1.19. The van der Waals surface area contributed by atoms with Gasteiger partial charge in [0.05, 0.1) is 0 Å². The first-order chi connectivity index (χ1) is 8.58. The van der Waals surface area contributed by atoms with Crippen LogP contribution < -0.4 is 5.73 Å². The van der Waals surface area contributed by atoms with Crippen LogP contribution in [0.1, 0.15) is 22.7 Å². The molecule has 2 N–H and O–H groups in total. The molecule has 0 aliphatic rings. The largest absolute Gasteiger partial charge is 0.324 e. The SMILES string of the molecule is Cc1cccc(C(N)Cc2cccc(F)c2)c1Br. The van der Waals surface area contributed by atoms with Crippen molar-refractivity contribution in [1.29, 1.82) is 0 Å². The van der Waals surface area contributed by atoms with Crippen LogP contribution in [0.15, 0.2) is 46.9 Å². The van der Waals surface area contributed by atoms with Gasteiger partial charge in [0.15, 0.2) is 0 Å². The van der Waals surface area contributed by atoms with Crippen molar-refractivity contribution in [3.63, 3.8) is 0 Å². The molecule has 0 saturated heterocycles. The third-order valence-electron chi connectivity index (χ3n) is 2.97. The molecule has 2 rings (SSSR count). The Morgan fingerprint density at radius 1 is 1.22 bits per heavy atom. The molecule has 1 nitrogen and oxygen atoms in total. The molecule has 0 radical (unpaired) electrons. The highest BCUT2D eigenvalue weighted by atomic mass is 79.9. The summed E-state index contributed by atoms with van der Waals surface area (Å²) >= 11 is 3.55. The zero-order valence-corrected chi connectivity index (χ0v) is 11.7. The quantitative estimate of drug-likeness (QED) is 0.906. The van der Waals surface area contributed by atoms with Crippen LogP contribution in [0, 0.1) is 12.7 Å². The van der Waals surface area contributed by atoms with Crippen LogP contribution in [0.2, 0.25) is 0 Å². The molecule has 18 heavy (non-hydrogen) atoms. The van der Waals surface area contributed by atoms with Gasteiger partial charge in [0, 0.05) is 10.5 Å². The maximum absolute atomic E-state index is 13.1. The van der Waals surface area contributed by atoms with Crippen LogP contribution in [0.25, 0.3) is 0 Å². The van der Waals surface area contributed by atoms with E-state index in [0.717, 1.165) is 21.2 Å². The fraction of sp³-hybridized carbons (Fsp3) is 0.200. The first-order valence-electron chi connectivity index (χ1n) is 5.83. The van der Waals surface area contributed by atoms with E-state index < -0.39 is 0 Å². The Morgan fingerprint density at radius 3 is 2.67 bits per heavy atom. The topological polar surface area (TPSA) is 26.0 Å². The predicted octanol–water partition coefficient (Wildman–Crippen LogP) is 4.14. The molecule has 0 amide bonds. The van der Waals surface area contributed by atoms with E-state index in [1.165, 1.54) is 12.1 Å². The van der Waals surface area contributed by atoms with Gasteiger partial charge in [-0.15, -0.1) is 0 Å². The molecule has 0 aromatic heterocycles. The molecule has 0 heterocycles. The number of benzene rings is 2. The molecule has 1 unspecified atom stereocenters. The third kappa shape index (κ3) is 2.98. The molecule has 94 valence electrons. The van der Waals surface area contributed by atoms with Crippen LogP contribution >= 0.6 is 15.9 Å². The summed E-state index contributed by atoms with van der Waals surface area (Å²) in [6.45, 7) is 2.03. The van der Waals surface area contributed by atoms with Crippen LogP contribution in [0.3, 0.4) is 0 Å². The van der Waals surface area contributed by atoms with E-state index in [0.29, 0.717) is 6.42 Å². The number of halogens is 2. The molecule has 2 aromatic rings. The smallest absolute Gasteiger partial charge is 0.123 e. The Bertz CT molecular complexity index is 554. The van der Waals surface area contributed by atoms with Crippen molar-refractivity contribution in [3.05, 3.63) is 69.4 Å². The van der Waals surface area contributed by atoms with Gasteiger partial charge in [-0.25, -0.2) is 4.39 Å². The summed E-state index contributed by atoms with van der Waals surface area (Å²) in [5, 5.41) is 0. The lowest BCUT2D eigenvalue weighted by Crippen LogP contribution is -2.14. The molecule has 0 bridgehead atoms. The number of aryl methyl sites for hydroxylation is 1. The van der Waals surface area contributed by atoms with E-state index in [2.05, 4.69) is 15.9 Å². The van der Waals surface area contributed by atoms with E-state index in [1.54, 1.807) is 6.07 Å². The molecule has 2 aromatic carbocycles. The van der Waals surface area contributed by atoms with Gasteiger partial charge in [-0.1, -0.05) is 46.3 Å². The molecule has 0 saturated carbocycles. The maximum Gasteiger partial charge on any atom is 0.123 e. The lowest BCUT2D eigenvalue weighted by molar-refractivity contribution is 0.622. The first kappa shape index (κ1) is 13.2. The molecule has 3 heteroatoms. The molecule has 0 aliphatic heterocycles. The lowest BCUT2D eigenvalue weighted by Gasteiger charge is -2.15. The molecule has 1 atom stereocenters. The Morgan fingerprint density at radius 2 is 1.94 bits per heavy atom. The van der Waals surface area contributed by atoms with Gasteiger partial charge in [-0.3, -0.25) is 0 Å². The minimum atomic E-state index is -0.219. The van der Waals surface area contributed by atoms with E-state index >= 15 is 0 Å². The molecule has 0 fully saturated rings. The van der Waals surface area contributed by atoms with Crippen LogP contribution in [0.5, 0.6) is 0 Å². The second-order valence-electron chi connectivity index (χ2n) is 4.42. The summed E-state index contributed by atoms with van der Waals surface area (Å²) in [5.41, 5.74) is 9.32. The summed E-state index contributed by atoms with van der Waals surface area (Å²) in [4.78, 5) is 0. The summed E-state index contributed by atoms with van der Waals surface area (Å²) in [7, 11) is 0. The third-order valence-corrected chi connectivity index (χ3v) is 4.05. The highest BCUT2D eigenvalue weighted by Gasteiger charge is 2.12. The van der Waals surface area contributed by atoms with Gasteiger partial charge in [0.2, 0.25) is 0 Å². The Kier molecular flexibility index (Phi) is 4.15. The average molecular weight is 308 g/mol. The molecular weight excluding hydrogens is 293 g/mol. The predicted molar refractivity (Wildman–Crippen MR) is 75.9 cm³/mol. The van der Waals surface area contributed by atoms with E-state index in [9.17, 15) is 4.39 Å². The van der Waals surface area contributed by atoms with E-state index in [4.69, 9.17) is 5.73 Å². The van der Waals surface area contributed by atoms with Crippen LogP contribution in [-0.4, -0.2) is 0 Å². The molecule has 0 spiro atoms. The van der Waals surface area contributed by atoms with Crippen LogP contribution in [0.4, 0.5) is 4.39 Å². The van der Waals surface area contributed by atoms with Gasteiger partial charge in [0.1, 0.15) is 5.82 Å².